The molecule has 0 spiro atoms. The van der Waals surface area contributed by atoms with E-state index in [9.17, 15) is 24.3 Å². The van der Waals surface area contributed by atoms with Crippen molar-refractivity contribution < 1.29 is 43.2 Å². The van der Waals surface area contributed by atoms with E-state index in [2.05, 4.69) is 10.6 Å². The summed E-state index contributed by atoms with van der Waals surface area (Å²) < 4.78 is 21.7. The number of esters is 2. The third kappa shape index (κ3) is 11.6. The Morgan fingerprint density at radius 3 is 2.35 bits per heavy atom. The second-order valence-electron chi connectivity index (χ2n) is 12.5. The van der Waals surface area contributed by atoms with Crippen LogP contribution in [0.4, 0.5) is 0 Å². The van der Waals surface area contributed by atoms with Gasteiger partial charge in [-0.2, -0.15) is 0 Å². The lowest BCUT2D eigenvalue weighted by atomic mass is 9.93. The molecule has 0 bridgehead atoms. The predicted molar refractivity (Wildman–Crippen MR) is 180 cm³/mol. The van der Waals surface area contributed by atoms with Gasteiger partial charge in [-0.25, -0.2) is 4.79 Å². The molecule has 2 aromatic rings. The zero-order valence-electron chi connectivity index (χ0n) is 28.3. The summed E-state index contributed by atoms with van der Waals surface area (Å²) >= 11 is 6.29. The lowest BCUT2D eigenvalue weighted by Crippen LogP contribution is -2.49. The summed E-state index contributed by atoms with van der Waals surface area (Å²) in [7, 11) is 2.76. The standard InChI is InChI=1S/C36H47ClN2O9/c1-21(2)17-28(40)36(44)47-29(23(4)32-33(48-32)25-11-8-7-9-12-25)13-10-14-31(41)39-27(34(42)38-20-22(3)35(43)46-6)19-24-15-16-30(45-5)26(37)18-24/h7-12,14-16,18,21-23,27-29,32-33,40H,13,17,19-20H2,1-6H3,(H,38,42)(H,39,41)/b14-10+/t22-,23+,27+,28+,29+,32-,33-/m1/s1. The Morgan fingerprint density at radius 1 is 1.02 bits per heavy atom. The maximum Gasteiger partial charge on any atom is 0.335 e. The van der Waals surface area contributed by atoms with Crippen molar-refractivity contribution in [1.82, 2.24) is 10.6 Å². The van der Waals surface area contributed by atoms with Gasteiger partial charge in [0.1, 0.15) is 24.0 Å². The molecule has 1 fully saturated rings. The fourth-order valence-corrected chi connectivity index (χ4v) is 5.54. The minimum atomic E-state index is -1.27. The second kappa shape index (κ2) is 18.6. The van der Waals surface area contributed by atoms with Gasteiger partial charge in [0.15, 0.2) is 6.10 Å². The van der Waals surface area contributed by atoms with Crippen molar-refractivity contribution >= 4 is 35.4 Å². The van der Waals surface area contributed by atoms with Gasteiger partial charge in [-0.05, 0) is 41.7 Å². The van der Waals surface area contributed by atoms with Gasteiger partial charge in [-0.1, -0.05) is 81.8 Å². The summed E-state index contributed by atoms with van der Waals surface area (Å²) in [6.45, 7) is 7.34. The molecule has 0 aliphatic carbocycles. The molecule has 11 nitrogen and oxygen atoms in total. The number of aliphatic hydroxyl groups is 1. The molecule has 0 unspecified atom stereocenters. The highest BCUT2D eigenvalue weighted by molar-refractivity contribution is 6.32. The predicted octanol–water partition coefficient (Wildman–Crippen LogP) is 4.34. The molecule has 1 saturated heterocycles. The van der Waals surface area contributed by atoms with E-state index in [1.165, 1.54) is 20.3 Å². The molecule has 7 atom stereocenters. The summed E-state index contributed by atoms with van der Waals surface area (Å²) in [5, 5.41) is 16.2. The van der Waals surface area contributed by atoms with E-state index in [1.54, 1.807) is 31.2 Å². The minimum Gasteiger partial charge on any atom is -0.495 e. The van der Waals surface area contributed by atoms with Crippen LogP contribution in [0.5, 0.6) is 5.75 Å². The summed E-state index contributed by atoms with van der Waals surface area (Å²) in [5.74, 6) is -2.57. The highest BCUT2D eigenvalue weighted by Crippen LogP contribution is 2.45. The van der Waals surface area contributed by atoms with Crippen LogP contribution in [0.2, 0.25) is 5.02 Å². The molecule has 0 aromatic heterocycles. The number of hydrogen-bond acceptors (Lipinski definition) is 9. The lowest BCUT2D eigenvalue weighted by molar-refractivity contribution is -0.162. The first-order chi connectivity index (χ1) is 22.8. The third-order valence-corrected chi connectivity index (χ3v) is 8.40. The second-order valence-corrected chi connectivity index (χ2v) is 12.9. The van der Waals surface area contributed by atoms with Crippen LogP contribution >= 0.6 is 11.6 Å². The molecule has 0 radical (unpaired) electrons. The van der Waals surface area contributed by atoms with E-state index >= 15 is 0 Å². The number of hydrogen-bond donors (Lipinski definition) is 3. The Bertz CT molecular complexity index is 1420. The van der Waals surface area contributed by atoms with Gasteiger partial charge >= 0.3 is 11.9 Å². The normalized spacial score (nSPS) is 18.7. The average Bonchev–Trinajstić information content (AvgIpc) is 3.87. The molecule has 2 amide bonds. The number of ether oxygens (including phenoxy) is 4. The Labute approximate surface area is 287 Å². The monoisotopic (exact) mass is 686 g/mol. The van der Waals surface area contributed by atoms with Gasteiger partial charge in [0.25, 0.3) is 0 Å². The minimum absolute atomic E-state index is 0.0118. The van der Waals surface area contributed by atoms with Crippen molar-refractivity contribution in [2.24, 2.45) is 17.8 Å². The maximum absolute atomic E-state index is 13.2. The van der Waals surface area contributed by atoms with E-state index in [4.69, 9.17) is 30.5 Å². The SMILES string of the molecule is COC(=O)[C@H](C)CNC(=O)[C@H](Cc1ccc(OC)c(Cl)c1)NC(=O)/C=C/C[C@H](OC(=O)[C@@H](O)CC(C)C)[C@H](C)[C@H]1O[C@@H]1c1ccccc1. The number of methoxy groups -OCH3 is 2. The van der Waals surface area contributed by atoms with Crippen LogP contribution < -0.4 is 15.4 Å². The van der Waals surface area contributed by atoms with Crippen LogP contribution in [0.25, 0.3) is 0 Å². The van der Waals surface area contributed by atoms with Gasteiger partial charge < -0.3 is 34.7 Å². The van der Waals surface area contributed by atoms with E-state index < -0.39 is 47.9 Å². The average molecular weight is 687 g/mol. The smallest absolute Gasteiger partial charge is 0.335 e. The first-order valence-electron chi connectivity index (χ1n) is 16.1. The van der Waals surface area contributed by atoms with Crippen molar-refractivity contribution in [3.8, 4) is 5.75 Å². The molecule has 3 N–H and O–H groups in total. The third-order valence-electron chi connectivity index (χ3n) is 8.11. The van der Waals surface area contributed by atoms with Crippen LogP contribution in [0.15, 0.2) is 60.7 Å². The summed E-state index contributed by atoms with van der Waals surface area (Å²) in [6.07, 6.45) is 1.04. The maximum atomic E-state index is 13.2. The highest BCUT2D eigenvalue weighted by atomic mass is 35.5. The molecule has 48 heavy (non-hydrogen) atoms. The van der Waals surface area contributed by atoms with Crippen LogP contribution in [0.3, 0.4) is 0 Å². The number of benzene rings is 2. The first-order valence-corrected chi connectivity index (χ1v) is 16.5. The van der Waals surface area contributed by atoms with Gasteiger partial charge in [0, 0.05) is 25.3 Å². The van der Waals surface area contributed by atoms with Crippen molar-refractivity contribution in [1.29, 1.82) is 0 Å². The van der Waals surface area contributed by atoms with E-state index in [0.717, 1.165) is 5.56 Å². The fourth-order valence-electron chi connectivity index (χ4n) is 5.26. The zero-order chi connectivity index (χ0) is 35.4. The molecule has 3 rings (SSSR count). The molecule has 2 aromatic carbocycles. The molecular formula is C36H47ClN2O9. The quantitative estimate of drug-likeness (QED) is 0.118. The molecule has 262 valence electrons. The number of halogens is 1. The number of nitrogens with one attached hydrogen (secondary N) is 2. The van der Waals surface area contributed by atoms with Crippen LogP contribution in [-0.2, 0) is 39.8 Å². The van der Waals surface area contributed by atoms with E-state index in [-0.39, 0.29) is 49.9 Å². The van der Waals surface area contributed by atoms with Gasteiger partial charge in [0.05, 0.1) is 31.3 Å². The van der Waals surface area contributed by atoms with Gasteiger partial charge in [-0.3, -0.25) is 14.4 Å². The fraction of sp³-hybridized carbons (Fsp3) is 0.500. The molecular weight excluding hydrogens is 640 g/mol. The topological polar surface area (TPSA) is 153 Å². The molecule has 1 heterocycles. The molecule has 0 saturated carbocycles. The number of carbonyl (C=O) groups is 4. The van der Waals surface area contributed by atoms with Crippen molar-refractivity contribution in [3.05, 3.63) is 76.8 Å². The Morgan fingerprint density at radius 2 is 1.73 bits per heavy atom. The zero-order valence-corrected chi connectivity index (χ0v) is 29.1. The van der Waals surface area contributed by atoms with E-state index in [0.29, 0.717) is 16.3 Å². The Balaban J connectivity index is 1.72. The van der Waals surface area contributed by atoms with Gasteiger partial charge in [0.2, 0.25) is 11.8 Å². The van der Waals surface area contributed by atoms with Gasteiger partial charge in [-0.15, -0.1) is 0 Å². The lowest BCUT2D eigenvalue weighted by Gasteiger charge is -2.24. The molecule has 1 aliphatic heterocycles. The van der Waals surface area contributed by atoms with Crippen molar-refractivity contribution in [2.75, 3.05) is 20.8 Å². The largest absolute Gasteiger partial charge is 0.495 e. The van der Waals surface area contributed by atoms with Crippen LogP contribution in [-0.4, -0.2) is 74.0 Å². The van der Waals surface area contributed by atoms with Crippen molar-refractivity contribution in [2.45, 2.75) is 77.4 Å². The van der Waals surface area contributed by atoms with Crippen molar-refractivity contribution in [3.63, 3.8) is 0 Å². The number of rotatable bonds is 18. The number of amides is 2. The summed E-state index contributed by atoms with van der Waals surface area (Å²) in [6, 6.07) is 13.8. The van der Waals surface area contributed by atoms with Crippen LogP contribution in [0.1, 0.15) is 57.8 Å². The van der Waals surface area contributed by atoms with E-state index in [1.807, 2.05) is 51.1 Å². The summed E-state index contributed by atoms with van der Waals surface area (Å²) in [4.78, 5) is 51.0. The first kappa shape index (κ1) is 38.5. The number of aliphatic hydroxyl groups excluding tert-OH is 1. The highest BCUT2D eigenvalue weighted by Gasteiger charge is 2.47. The number of carbonyl (C=O) groups excluding carboxylic acids is 4. The van der Waals surface area contributed by atoms with Crippen LogP contribution in [0, 0.1) is 17.8 Å². The number of epoxide rings is 1. The summed E-state index contributed by atoms with van der Waals surface area (Å²) in [5.41, 5.74) is 1.68. The Kier molecular flexibility index (Phi) is 14.9. The molecule has 1 aliphatic rings. The Hall–Kier alpha value is -3.93. The molecule has 12 heteroatoms.